The number of benzene rings is 2. The molecule has 1 amide bonds. The Balaban J connectivity index is 0.00000289. The third-order valence-electron chi connectivity index (χ3n) is 5.33. The van der Waals surface area contributed by atoms with Crippen molar-refractivity contribution in [2.24, 2.45) is 5.41 Å². The smallest absolute Gasteiger partial charge is 1.00 e. The van der Waals surface area contributed by atoms with Crippen LogP contribution in [0.5, 0.6) is 5.75 Å². The number of fused-ring (bicyclic) bond motifs is 1. The van der Waals surface area contributed by atoms with Gasteiger partial charge in [0.15, 0.2) is 5.82 Å². The van der Waals surface area contributed by atoms with E-state index in [1.54, 1.807) is 36.8 Å². The zero-order valence-electron chi connectivity index (χ0n) is 20.4. The number of ether oxygens (including phenoxy) is 1. The van der Waals surface area contributed by atoms with Crippen molar-refractivity contribution in [1.29, 1.82) is 0 Å². The molecule has 1 fully saturated rings. The van der Waals surface area contributed by atoms with Crippen molar-refractivity contribution < 1.29 is 85.1 Å². The van der Waals surface area contributed by atoms with E-state index < -0.39 is 45.3 Å². The molecule has 3 rings (SSSR count). The average molecular weight is 507 g/mol. The zero-order valence-corrected chi connectivity index (χ0v) is 23.4. The molecule has 0 saturated carbocycles. The van der Waals surface area contributed by atoms with Crippen molar-refractivity contribution in [3.05, 3.63) is 35.6 Å². The maximum absolute atomic E-state index is 15.3. The summed E-state index contributed by atoms with van der Waals surface area (Å²) in [5.41, 5.74) is -0.431. The summed E-state index contributed by atoms with van der Waals surface area (Å²) >= 11 is 0. The van der Waals surface area contributed by atoms with E-state index in [9.17, 15) is 23.1 Å². The fourth-order valence-corrected chi connectivity index (χ4v) is 4.79. The summed E-state index contributed by atoms with van der Waals surface area (Å²) in [7, 11) is -4.27. The number of esters is 1. The summed E-state index contributed by atoms with van der Waals surface area (Å²) in [5, 5.41) is 10.8. The Kier molecular flexibility index (Phi) is 8.97. The molecule has 33 heavy (non-hydrogen) atoms. The molecular weight excluding hydrogens is 478 g/mol. The number of aryl methyl sites for hydroxylation is 1. The van der Waals surface area contributed by atoms with Crippen molar-refractivity contribution in [1.82, 2.24) is 4.72 Å². The SMILES string of the molecule is CC(C)OC(=O)C(C)(C)CCCc1ccc2cc(O)c(N3CC(=O)NS3(=O)=O)c(F)c2c1.[H-].[K+]. The molecule has 1 aliphatic rings. The Bertz CT molecular complexity index is 1190. The van der Waals surface area contributed by atoms with Crippen LogP contribution in [-0.2, 0) is 31.0 Å². The van der Waals surface area contributed by atoms with Gasteiger partial charge in [0.1, 0.15) is 18.0 Å². The summed E-state index contributed by atoms with van der Waals surface area (Å²) in [4.78, 5) is 23.7. The van der Waals surface area contributed by atoms with E-state index in [1.165, 1.54) is 6.07 Å². The van der Waals surface area contributed by atoms with Gasteiger partial charge in [0.2, 0.25) is 0 Å². The van der Waals surface area contributed by atoms with Crippen molar-refractivity contribution in [2.75, 3.05) is 10.8 Å². The quantitative estimate of drug-likeness (QED) is 0.412. The van der Waals surface area contributed by atoms with Crippen LogP contribution in [0.1, 0.15) is 47.5 Å². The first kappa shape index (κ1) is 28.0. The molecule has 11 heteroatoms. The first-order valence-corrected chi connectivity index (χ1v) is 11.7. The molecule has 1 aliphatic heterocycles. The van der Waals surface area contributed by atoms with E-state index >= 15 is 4.39 Å². The molecule has 0 atom stereocenters. The Morgan fingerprint density at radius 3 is 2.58 bits per heavy atom. The normalized spacial score (nSPS) is 15.5. The van der Waals surface area contributed by atoms with Crippen LogP contribution in [0.4, 0.5) is 10.1 Å². The molecular formula is C22H28FKN2O6S. The number of hydrogen-bond acceptors (Lipinski definition) is 6. The number of halogens is 1. The average Bonchev–Trinajstić information content (AvgIpc) is 2.93. The topological polar surface area (TPSA) is 113 Å². The molecule has 2 aromatic rings. The Morgan fingerprint density at radius 2 is 2.00 bits per heavy atom. The summed E-state index contributed by atoms with van der Waals surface area (Å²) in [5.74, 6) is -2.58. The number of aromatic hydroxyl groups is 1. The second-order valence-corrected chi connectivity index (χ2v) is 10.4. The maximum atomic E-state index is 15.3. The van der Waals surface area contributed by atoms with Crippen molar-refractivity contribution in [3.63, 3.8) is 0 Å². The van der Waals surface area contributed by atoms with Gasteiger partial charge in [-0.15, -0.1) is 0 Å². The van der Waals surface area contributed by atoms with Gasteiger partial charge in [-0.1, -0.05) is 12.1 Å². The van der Waals surface area contributed by atoms with E-state index in [2.05, 4.69) is 0 Å². The Labute approximate surface area is 236 Å². The van der Waals surface area contributed by atoms with Gasteiger partial charge in [-0.25, -0.2) is 13.4 Å². The van der Waals surface area contributed by atoms with E-state index in [0.717, 1.165) is 5.56 Å². The third-order valence-corrected chi connectivity index (χ3v) is 6.71. The van der Waals surface area contributed by atoms with Gasteiger partial charge in [-0.2, -0.15) is 8.42 Å². The summed E-state index contributed by atoms with van der Waals surface area (Å²) in [6.45, 7) is 6.61. The molecule has 2 aromatic carbocycles. The number of carbonyl (C=O) groups excluding carboxylic acids is 2. The van der Waals surface area contributed by atoms with E-state index in [4.69, 9.17) is 4.74 Å². The molecule has 0 bridgehead atoms. The first-order valence-electron chi connectivity index (χ1n) is 10.3. The predicted molar refractivity (Wildman–Crippen MR) is 119 cm³/mol. The summed E-state index contributed by atoms with van der Waals surface area (Å²) in [6.07, 6.45) is 1.59. The molecule has 0 radical (unpaired) electrons. The maximum Gasteiger partial charge on any atom is 1.00 e. The number of phenols is 1. The second kappa shape index (κ2) is 10.6. The molecule has 0 aliphatic carbocycles. The monoisotopic (exact) mass is 506 g/mol. The third kappa shape index (κ3) is 6.26. The van der Waals surface area contributed by atoms with Crippen LogP contribution in [0.2, 0.25) is 0 Å². The minimum Gasteiger partial charge on any atom is -1.00 e. The molecule has 0 unspecified atom stereocenters. The number of carbonyl (C=O) groups is 2. The van der Waals surface area contributed by atoms with Crippen molar-refractivity contribution >= 4 is 38.5 Å². The van der Waals surface area contributed by atoms with Crippen LogP contribution in [0.3, 0.4) is 0 Å². The fourth-order valence-electron chi connectivity index (χ4n) is 3.62. The Morgan fingerprint density at radius 1 is 1.33 bits per heavy atom. The summed E-state index contributed by atoms with van der Waals surface area (Å²) < 4.78 is 47.1. The van der Waals surface area contributed by atoms with Crippen molar-refractivity contribution in [2.45, 2.75) is 53.1 Å². The van der Waals surface area contributed by atoms with Gasteiger partial charge >= 0.3 is 67.6 Å². The van der Waals surface area contributed by atoms with Gasteiger partial charge in [0, 0.05) is 5.39 Å². The largest absolute Gasteiger partial charge is 1.00 e. The van der Waals surface area contributed by atoms with Crippen LogP contribution in [-0.4, -0.2) is 38.0 Å². The number of nitrogens with zero attached hydrogens (tertiary/aromatic N) is 1. The van der Waals surface area contributed by atoms with Gasteiger partial charge < -0.3 is 11.3 Å². The number of hydrogen-bond donors (Lipinski definition) is 2. The molecule has 0 aromatic heterocycles. The van der Waals surface area contributed by atoms with E-state index in [1.807, 2.05) is 13.8 Å². The summed E-state index contributed by atoms with van der Waals surface area (Å²) in [6, 6.07) is 6.28. The van der Waals surface area contributed by atoms with E-state index in [-0.39, 0.29) is 70.3 Å². The van der Waals surface area contributed by atoms with Gasteiger partial charge in [-0.05, 0) is 70.0 Å². The molecule has 2 N–H and O–H groups in total. The van der Waals surface area contributed by atoms with Gasteiger partial charge in [-0.3, -0.25) is 9.59 Å². The minimum atomic E-state index is -4.27. The zero-order chi connectivity index (χ0) is 23.8. The van der Waals surface area contributed by atoms with Crippen LogP contribution in [0.25, 0.3) is 10.8 Å². The second-order valence-electron chi connectivity index (χ2n) is 8.84. The predicted octanol–water partition coefficient (Wildman–Crippen LogP) is 0.283. The van der Waals surface area contributed by atoms with Gasteiger partial charge in [0.05, 0.1) is 11.5 Å². The number of anilines is 1. The molecule has 176 valence electrons. The number of phenolic OH excluding ortho intramolecular Hbond substituents is 1. The van der Waals surface area contributed by atoms with Crippen LogP contribution < -0.4 is 60.4 Å². The van der Waals surface area contributed by atoms with Crippen LogP contribution in [0, 0.1) is 11.2 Å². The molecule has 1 heterocycles. The number of nitrogens with one attached hydrogen (secondary N) is 1. The Hall–Kier alpha value is -1.24. The molecule has 8 nitrogen and oxygen atoms in total. The minimum absolute atomic E-state index is 0. The first-order chi connectivity index (χ1) is 14.8. The van der Waals surface area contributed by atoms with Gasteiger partial charge in [0.25, 0.3) is 5.91 Å². The molecule has 0 spiro atoms. The standard InChI is InChI=1S/C22H27FN2O6S.K.H/c1-13(2)31-21(28)22(3,4)9-5-6-14-7-8-15-11-17(26)20(19(23)16(15)10-14)25-12-18(27)24-32(25,29)30;;/h7-8,10-11,13,26H,5-6,9,12H2,1-4H3,(H,24,27);;/q;+1;-1. The number of rotatable bonds is 7. The fraction of sp³-hybridized carbons (Fsp3) is 0.455. The number of amides is 1. The molecule has 1 saturated heterocycles. The van der Waals surface area contributed by atoms with Crippen LogP contribution >= 0.6 is 0 Å². The van der Waals surface area contributed by atoms with Crippen molar-refractivity contribution in [3.8, 4) is 5.75 Å². The van der Waals surface area contributed by atoms with E-state index in [0.29, 0.717) is 29.0 Å². The van der Waals surface area contributed by atoms with Crippen LogP contribution in [0.15, 0.2) is 24.3 Å².